The van der Waals surface area contributed by atoms with Crippen LogP contribution in [0.4, 0.5) is 4.39 Å². The first kappa shape index (κ1) is 13.8. The van der Waals surface area contributed by atoms with Crippen molar-refractivity contribution in [3.63, 3.8) is 0 Å². The van der Waals surface area contributed by atoms with E-state index < -0.39 is 6.10 Å². The van der Waals surface area contributed by atoms with Crippen molar-refractivity contribution < 1.29 is 9.50 Å². The predicted octanol–water partition coefficient (Wildman–Crippen LogP) is 4.77. The van der Waals surface area contributed by atoms with Crippen LogP contribution >= 0.6 is 0 Å². The Kier molecular flexibility index (Phi) is 2.83. The van der Waals surface area contributed by atoms with Gasteiger partial charge in [-0.25, -0.2) is 4.39 Å². The zero-order valence-corrected chi connectivity index (χ0v) is 13.0. The first-order valence-electron chi connectivity index (χ1n) is 8.33. The van der Waals surface area contributed by atoms with Crippen molar-refractivity contribution in [1.29, 1.82) is 0 Å². The van der Waals surface area contributed by atoms with Crippen molar-refractivity contribution in [2.24, 2.45) is 22.7 Å². The molecular formula is C19H25FO. The monoisotopic (exact) mass is 288 g/mol. The molecule has 5 rings (SSSR count). The number of aliphatic hydroxyl groups is 1. The van der Waals surface area contributed by atoms with E-state index in [1.165, 1.54) is 25.3 Å². The molecule has 1 nitrogen and oxygen atoms in total. The third-order valence-electron chi connectivity index (χ3n) is 6.51. The van der Waals surface area contributed by atoms with Gasteiger partial charge in [0.2, 0.25) is 0 Å². The van der Waals surface area contributed by atoms with Crippen molar-refractivity contribution in [2.75, 3.05) is 0 Å². The summed E-state index contributed by atoms with van der Waals surface area (Å²) in [5.74, 6) is 1.39. The lowest BCUT2D eigenvalue weighted by Gasteiger charge is -2.62. The number of rotatable bonds is 2. The van der Waals surface area contributed by atoms with Crippen LogP contribution in [0.1, 0.15) is 62.7 Å². The summed E-state index contributed by atoms with van der Waals surface area (Å²) in [7, 11) is 0. The fourth-order valence-electron chi connectivity index (χ4n) is 6.39. The normalized spacial score (nSPS) is 42.3. The molecule has 1 aromatic rings. The van der Waals surface area contributed by atoms with E-state index in [4.69, 9.17) is 0 Å². The van der Waals surface area contributed by atoms with Crippen molar-refractivity contribution in [3.8, 4) is 0 Å². The maximum absolute atomic E-state index is 13.4. The molecule has 21 heavy (non-hydrogen) atoms. The maximum atomic E-state index is 13.4. The molecule has 0 spiro atoms. The highest BCUT2D eigenvalue weighted by Crippen LogP contribution is 2.68. The number of aliphatic hydroxyl groups excluding tert-OH is 1. The number of halogens is 1. The molecule has 4 fully saturated rings. The molecule has 0 aliphatic heterocycles. The molecule has 4 aliphatic carbocycles. The van der Waals surface area contributed by atoms with Crippen molar-refractivity contribution in [1.82, 2.24) is 0 Å². The second-order valence-corrected chi connectivity index (χ2v) is 8.54. The molecule has 0 amide bonds. The van der Waals surface area contributed by atoms with Gasteiger partial charge < -0.3 is 5.11 Å². The second kappa shape index (κ2) is 4.32. The van der Waals surface area contributed by atoms with Crippen LogP contribution < -0.4 is 0 Å². The highest BCUT2D eigenvalue weighted by atomic mass is 19.1. The van der Waals surface area contributed by atoms with Gasteiger partial charge in [0.1, 0.15) is 5.82 Å². The Labute approximate surface area is 126 Å². The lowest BCUT2D eigenvalue weighted by atomic mass is 9.43. The highest BCUT2D eigenvalue weighted by molar-refractivity contribution is 5.31. The Morgan fingerprint density at radius 3 is 2.43 bits per heavy atom. The van der Waals surface area contributed by atoms with Gasteiger partial charge >= 0.3 is 0 Å². The lowest BCUT2D eigenvalue weighted by molar-refractivity contribution is -0.155. The van der Waals surface area contributed by atoms with Crippen LogP contribution in [-0.2, 0) is 0 Å². The fraction of sp³-hybridized carbons (Fsp3) is 0.684. The molecule has 3 unspecified atom stereocenters. The van der Waals surface area contributed by atoms with Crippen LogP contribution in [0.15, 0.2) is 18.2 Å². The zero-order chi connectivity index (χ0) is 14.8. The van der Waals surface area contributed by atoms with E-state index in [-0.39, 0.29) is 11.2 Å². The summed E-state index contributed by atoms with van der Waals surface area (Å²) in [5, 5.41) is 11.1. The summed E-state index contributed by atoms with van der Waals surface area (Å²) >= 11 is 0. The minimum absolute atomic E-state index is 0.0431. The van der Waals surface area contributed by atoms with Gasteiger partial charge in [-0.05, 0) is 86.0 Å². The smallest absolute Gasteiger partial charge is 0.123 e. The molecule has 0 saturated heterocycles. The van der Waals surface area contributed by atoms with Gasteiger partial charge in [-0.15, -0.1) is 0 Å². The van der Waals surface area contributed by atoms with E-state index in [1.54, 1.807) is 12.1 Å². The standard InChI is InChI=1S/C19H25FO/c1-12-5-15(20)3-4-16(12)17(21)19-9-13-6-14(10-19)8-18(2,7-13)11-19/h3-5,13-14,17,21H,6-11H2,1-2H3. The Morgan fingerprint density at radius 1 is 1.19 bits per heavy atom. The summed E-state index contributed by atoms with van der Waals surface area (Å²) in [5.41, 5.74) is 2.31. The lowest BCUT2D eigenvalue weighted by Crippen LogP contribution is -2.53. The minimum Gasteiger partial charge on any atom is -0.388 e. The van der Waals surface area contributed by atoms with Gasteiger partial charge in [-0.1, -0.05) is 13.0 Å². The van der Waals surface area contributed by atoms with Crippen LogP contribution in [0, 0.1) is 35.4 Å². The average Bonchev–Trinajstić information content (AvgIpc) is 2.35. The third kappa shape index (κ3) is 2.06. The Hall–Kier alpha value is -0.890. The number of aryl methyl sites for hydroxylation is 1. The van der Waals surface area contributed by atoms with Crippen LogP contribution in [0.25, 0.3) is 0 Å². The van der Waals surface area contributed by atoms with Gasteiger partial charge in [-0.3, -0.25) is 0 Å². The van der Waals surface area contributed by atoms with Crippen LogP contribution in [0.5, 0.6) is 0 Å². The van der Waals surface area contributed by atoms with Crippen LogP contribution in [-0.4, -0.2) is 5.11 Å². The van der Waals surface area contributed by atoms with Gasteiger partial charge in [0.25, 0.3) is 0 Å². The van der Waals surface area contributed by atoms with Crippen molar-refractivity contribution in [2.45, 2.75) is 58.5 Å². The summed E-state index contributed by atoms with van der Waals surface area (Å²) in [4.78, 5) is 0. The topological polar surface area (TPSA) is 20.2 Å². The molecule has 0 aromatic heterocycles. The largest absolute Gasteiger partial charge is 0.388 e. The van der Waals surface area contributed by atoms with Crippen molar-refractivity contribution in [3.05, 3.63) is 35.1 Å². The molecule has 3 atom stereocenters. The number of hydrogen-bond acceptors (Lipinski definition) is 1. The van der Waals surface area contributed by atoms with E-state index in [0.29, 0.717) is 5.41 Å². The first-order chi connectivity index (χ1) is 9.89. The first-order valence-corrected chi connectivity index (χ1v) is 8.33. The molecule has 1 aromatic carbocycles. The van der Waals surface area contributed by atoms with Crippen LogP contribution in [0.3, 0.4) is 0 Å². The summed E-state index contributed by atoms with van der Waals surface area (Å²) in [6.45, 7) is 4.34. The minimum atomic E-state index is -0.427. The van der Waals surface area contributed by atoms with E-state index in [0.717, 1.165) is 42.2 Å². The summed E-state index contributed by atoms with van der Waals surface area (Å²) in [6, 6.07) is 4.85. The van der Waals surface area contributed by atoms with Crippen molar-refractivity contribution >= 4 is 0 Å². The average molecular weight is 288 g/mol. The van der Waals surface area contributed by atoms with E-state index in [1.807, 2.05) is 6.92 Å². The molecule has 2 heteroatoms. The van der Waals surface area contributed by atoms with E-state index in [9.17, 15) is 9.50 Å². The molecule has 0 heterocycles. The second-order valence-electron chi connectivity index (χ2n) is 8.54. The maximum Gasteiger partial charge on any atom is 0.123 e. The summed E-state index contributed by atoms with van der Waals surface area (Å²) in [6.07, 6.45) is 7.11. The van der Waals surface area contributed by atoms with Crippen LogP contribution in [0.2, 0.25) is 0 Å². The predicted molar refractivity (Wildman–Crippen MR) is 81.3 cm³/mol. The Bertz CT molecular complexity index is 565. The zero-order valence-electron chi connectivity index (χ0n) is 13.0. The Balaban J connectivity index is 1.72. The molecule has 4 bridgehead atoms. The fourth-order valence-corrected chi connectivity index (χ4v) is 6.39. The number of hydrogen-bond donors (Lipinski definition) is 1. The third-order valence-corrected chi connectivity index (χ3v) is 6.51. The van der Waals surface area contributed by atoms with E-state index >= 15 is 0 Å². The highest BCUT2D eigenvalue weighted by Gasteiger charge is 2.58. The Morgan fingerprint density at radius 2 is 1.86 bits per heavy atom. The van der Waals surface area contributed by atoms with Gasteiger partial charge in [-0.2, -0.15) is 0 Å². The molecule has 1 N–H and O–H groups in total. The SMILES string of the molecule is Cc1cc(F)ccc1C(O)C12CC3CC(CC(C)(C3)C1)C2. The van der Waals surface area contributed by atoms with Gasteiger partial charge in [0, 0.05) is 5.41 Å². The molecule has 4 aliphatic rings. The molecule has 0 radical (unpaired) electrons. The quantitative estimate of drug-likeness (QED) is 0.830. The molecular weight excluding hydrogens is 263 g/mol. The van der Waals surface area contributed by atoms with Gasteiger partial charge in [0.15, 0.2) is 0 Å². The summed E-state index contributed by atoms with van der Waals surface area (Å²) < 4.78 is 13.4. The van der Waals surface area contributed by atoms with Gasteiger partial charge in [0.05, 0.1) is 6.10 Å². The van der Waals surface area contributed by atoms with E-state index in [2.05, 4.69) is 6.92 Å². The molecule has 114 valence electrons. The molecule has 4 saturated carbocycles. The number of benzene rings is 1.